The molecule has 48 heavy (non-hydrogen) atoms. The van der Waals surface area contributed by atoms with Gasteiger partial charge < -0.3 is 30.9 Å². The Balaban J connectivity index is 1.17. The molecule has 0 unspecified atom stereocenters. The van der Waals surface area contributed by atoms with Gasteiger partial charge in [-0.25, -0.2) is 0 Å². The Bertz CT molecular complexity index is 1780. The third kappa shape index (κ3) is 6.70. The predicted molar refractivity (Wildman–Crippen MR) is 201 cm³/mol. The number of hydrogen-bond donors (Lipinski definition) is 6. The van der Waals surface area contributed by atoms with Crippen LogP contribution in [0.2, 0.25) is 0 Å². The summed E-state index contributed by atoms with van der Waals surface area (Å²) in [5.74, 6) is 0. The maximum atomic E-state index is 3.83. The molecule has 7 rings (SSSR count). The van der Waals surface area contributed by atoms with Gasteiger partial charge in [0.05, 0.1) is 0 Å². The topological polar surface area (TPSA) is 83.5 Å². The van der Waals surface area contributed by atoms with Crippen LogP contribution in [-0.2, 0) is 58.5 Å². The third-order valence-electron chi connectivity index (χ3n) is 9.86. The van der Waals surface area contributed by atoms with E-state index < -0.39 is 0 Å². The Morgan fingerprint density at radius 2 is 0.667 bits per heavy atom. The van der Waals surface area contributed by atoms with Crippen molar-refractivity contribution in [2.75, 3.05) is 0 Å². The van der Waals surface area contributed by atoms with Crippen molar-refractivity contribution in [3.05, 3.63) is 141 Å². The zero-order valence-corrected chi connectivity index (χ0v) is 28.5. The Kier molecular flexibility index (Phi) is 9.75. The molecule has 0 aliphatic heterocycles. The summed E-state index contributed by atoms with van der Waals surface area (Å²) in [6.07, 6.45) is 3.03. The molecule has 7 aromatic rings. The van der Waals surface area contributed by atoms with Gasteiger partial charge in [-0.2, -0.15) is 0 Å². The van der Waals surface area contributed by atoms with Gasteiger partial charge in [-0.3, -0.25) is 0 Å². The molecule has 3 heterocycles. The maximum Gasteiger partial charge on any atom is 0.0456 e. The van der Waals surface area contributed by atoms with E-state index in [2.05, 4.69) is 143 Å². The highest BCUT2D eigenvalue weighted by Crippen LogP contribution is 2.31. The molecule has 0 spiro atoms. The number of H-pyrrole nitrogens is 3. The minimum absolute atomic E-state index is 0.804. The van der Waals surface area contributed by atoms with Crippen LogP contribution in [0.4, 0.5) is 0 Å². The second-order valence-electron chi connectivity index (χ2n) is 12.9. The van der Waals surface area contributed by atoms with Crippen molar-refractivity contribution in [2.45, 2.75) is 79.3 Å². The lowest BCUT2D eigenvalue weighted by Gasteiger charge is -2.27. The zero-order chi connectivity index (χ0) is 32.9. The highest BCUT2D eigenvalue weighted by atomic mass is 14.9. The third-order valence-corrected chi connectivity index (χ3v) is 9.86. The van der Waals surface area contributed by atoms with Crippen LogP contribution in [0.3, 0.4) is 0 Å². The minimum atomic E-state index is 0.804. The van der Waals surface area contributed by atoms with Gasteiger partial charge in [-0.1, -0.05) is 75.4 Å². The van der Waals surface area contributed by atoms with E-state index in [1.165, 1.54) is 83.2 Å². The number of rotatable bonds is 15. The van der Waals surface area contributed by atoms with Gasteiger partial charge >= 0.3 is 0 Å². The van der Waals surface area contributed by atoms with Crippen molar-refractivity contribution in [1.82, 2.24) is 30.9 Å². The molecule has 0 saturated heterocycles. The van der Waals surface area contributed by atoms with Gasteiger partial charge in [-0.05, 0) is 105 Å². The molecule has 0 aliphatic carbocycles. The summed E-state index contributed by atoms with van der Waals surface area (Å²) < 4.78 is 0. The molecule has 0 fully saturated rings. The van der Waals surface area contributed by atoms with Gasteiger partial charge in [0, 0.05) is 72.9 Å². The van der Waals surface area contributed by atoms with E-state index in [1.54, 1.807) is 0 Å². The highest BCUT2D eigenvalue weighted by molar-refractivity contribution is 5.81. The number of aromatic amines is 3. The van der Waals surface area contributed by atoms with Gasteiger partial charge in [0.25, 0.3) is 0 Å². The lowest BCUT2D eigenvalue weighted by Crippen LogP contribution is -2.24. The standard InChI is InChI=1S/C42H48N6/c1-4-34-37(25-43-22-31-19-28-13-7-10-16-40(28)46-31)35(5-2)39(27-45-24-33-21-30-15-9-12-18-42(30)48-33)36(6-3)38(34)26-44-23-32-20-29-14-8-11-17-41(29)47-32/h7-21,43-48H,4-6,22-27H2,1-3H3. The molecule has 0 radical (unpaired) electrons. The highest BCUT2D eigenvalue weighted by Gasteiger charge is 2.21. The molecule has 0 saturated carbocycles. The summed E-state index contributed by atoms with van der Waals surface area (Å²) >= 11 is 0. The van der Waals surface area contributed by atoms with E-state index in [1.807, 2.05) is 0 Å². The van der Waals surface area contributed by atoms with Crippen LogP contribution in [-0.4, -0.2) is 15.0 Å². The maximum absolute atomic E-state index is 3.83. The number of hydrogen-bond acceptors (Lipinski definition) is 3. The van der Waals surface area contributed by atoms with Crippen LogP contribution in [0, 0.1) is 0 Å². The molecule has 4 aromatic carbocycles. The fourth-order valence-corrected chi connectivity index (χ4v) is 7.67. The summed E-state index contributed by atoms with van der Waals surface area (Å²) in [4.78, 5) is 10.8. The van der Waals surface area contributed by atoms with Crippen LogP contribution < -0.4 is 16.0 Å². The summed E-state index contributed by atoms with van der Waals surface area (Å²) in [6.45, 7) is 11.9. The lowest BCUT2D eigenvalue weighted by molar-refractivity contribution is 0.638. The summed E-state index contributed by atoms with van der Waals surface area (Å²) in [5, 5.41) is 15.3. The molecule has 0 aliphatic rings. The Hall–Kier alpha value is -4.62. The molecule has 0 amide bonds. The molecule has 246 valence electrons. The van der Waals surface area contributed by atoms with Crippen molar-refractivity contribution >= 4 is 32.7 Å². The predicted octanol–water partition coefficient (Wildman–Crippen LogP) is 8.69. The van der Waals surface area contributed by atoms with Crippen LogP contribution in [0.15, 0.2) is 91.0 Å². The molecule has 6 heteroatoms. The Morgan fingerprint density at radius 1 is 0.375 bits per heavy atom. The van der Waals surface area contributed by atoms with Crippen LogP contribution >= 0.6 is 0 Å². The normalized spacial score (nSPS) is 11.8. The number of fused-ring (bicyclic) bond motifs is 3. The first-order valence-electron chi connectivity index (χ1n) is 17.6. The van der Waals surface area contributed by atoms with E-state index in [0.29, 0.717) is 0 Å². The second kappa shape index (κ2) is 14.7. The van der Waals surface area contributed by atoms with Crippen molar-refractivity contribution in [3.8, 4) is 0 Å². The average Bonchev–Trinajstić information content (AvgIpc) is 3.84. The summed E-state index contributed by atoms with van der Waals surface area (Å²) in [5.41, 5.74) is 16.1. The van der Waals surface area contributed by atoms with E-state index in [0.717, 1.165) is 58.5 Å². The lowest BCUT2D eigenvalue weighted by atomic mass is 9.83. The van der Waals surface area contributed by atoms with Crippen molar-refractivity contribution in [2.24, 2.45) is 0 Å². The summed E-state index contributed by atoms with van der Waals surface area (Å²) in [6, 6.07) is 32.4. The second-order valence-corrected chi connectivity index (χ2v) is 12.9. The first-order valence-corrected chi connectivity index (χ1v) is 17.6. The molecule has 6 N–H and O–H groups in total. The Morgan fingerprint density at radius 3 is 0.938 bits per heavy atom. The van der Waals surface area contributed by atoms with Gasteiger partial charge in [0.1, 0.15) is 0 Å². The van der Waals surface area contributed by atoms with Crippen molar-refractivity contribution in [3.63, 3.8) is 0 Å². The number of nitrogens with one attached hydrogen (secondary N) is 6. The van der Waals surface area contributed by atoms with Gasteiger partial charge in [-0.15, -0.1) is 0 Å². The van der Waals surface area contributed by atoms with Crippen LogP contribution in [0.5, 0.6) is 0 Å². The quantitative estimate of drug-likeness (QED) is 0.0681. The van der Waals surface area contributed by atoms with Crippen LogP contribution in [0.1, 0.15) is 71.2 Å². The largest absolute Gasteiger partial charge is 0.357 e. The minimum Gasteiger partial charge on any atom is -0.357 e. The van der Waals surface area contributed by atoms with Crippen LogP contribution in [0.25, 0.3) is 32.7 Å². The molecular weight excluding hydrogens is 589 g/mol. The SMILES string of the molecule is CCc1c(CNCc2cc3ccccc3[nH]2)c(CC)c(CNCc2cc3ccccc3[nH]2)c(CC)c1CNCc1cc2ccccc2[nH]1. The number of para-hydroxylation sites is 3. The first kappa shape index (κ1) is 32.0. The number of aromatic nitrogens is 3. The monoisotopic (exact) mass is 636 g/mol. The van der Waals surface area contributed by atoms with E-state index in [-0.39, 0.29) is 0 Å². The molecule has 0 atom stereocenters. The van der Waals surface area contributed by atoms with Gasteiger partial charge in [0.15, 0.2) is 0 Å². The molecule has 6 nitrogen and oxygen atoms in total. The van der Waals surface area contributed by atoms with E-state index >= 15 is 0 Å². The van der Waals surface area contributed by atoms with Crippen molar-refractivity contribution in [1.29, 1.82) is 0 Å². The summed E-state index contributed by atoms with van der Waals surface area (Å²) in [7, 11) is 0. The van der Waals surface area contributed by atoms with Gasteiger partial charge in [0.2, 0.25) is 0 Å². The Labute approximate surface area is 283 Å². The first-order chi connectivity index (χ1) is 23.6. The zero-order valence-electron chi connectivity index (χ0n) is 28.5. The van der Waals surface area contributed by atoms with E-state index in [9.17, 15) is 0 Å². The fourth-order valence-electron chi connectivity index (χ4n) is 7.67. The van der Waals surface area contributed by atoms with Crippen molar-refractivity contribution < 1.29 is 0 Å². The van der Waals surface area contributed by atoms with E-state index in [4.69, 9.17) is 0 Å². The molecule has 0 bridgehead atoms. The average molecular weight is 637 g/mol. The molecular formula is C42H48N6. The smallest absolute Gasteiger partial charge is 0.0456 e. The number of benzene rings is 4. The molecule has 3 aromatic heterocycles. The fraction of sp³-hybridized carbons (Fsp3) is 0.286.